The fourth-order valence-electron chi connectivity index (χ4n) is 4.38. The van der Waals surface area contributed by atoms with Crippen molar-refractivity contribution in [1.82, 2.24) is 5.32 Å². The number of carboxylic acids is 1. The fourth-order valence-corrected chi connectivity index (χ4v) is 8.16. The number of aliphatic carboxylic acids is 1. The van der Waals surface area contributed by atoms with E-state index in [0.29, 0.717) is 29.7 Å². The molecule has 3 aromatic rings. The molecule has 6 nitrogen and oxygen atoms in total. The van der Waals surface area contributed by atoms with Crippen LogP contribution in [0, 0.1) is 0 Å². The molecule has 172 valence electrons. The van der Waals surface area contributed by atoms with Crippen molar-refractivity contribution in [2.75, 3.05) is 12.8 Å². The maximum atomic E-state index is 13.0. The van der Waals surface area contributed by atoms with E-state index >= 15 is 0 Å². The summed E-state index contributed by atoms with van der Waals surface area (Å²) in [6.07, 6.45) is 1.22. The van der Waals surface area contributed by atoms with Crippen molar-refractivity contribution in [3.05, 3.63) is 71.1 Å². The Morgan fingerprint density at radius 2 is 1.55 bits per heavy atom. The highest BCUT2D eigenvalue weighted by molar-refractivity contribution is 7.92. The average molecular weight is 484 g/mol. The lowest BCUT2D eigenvalue weighted by molar-refractivity contribution is -0.137. The van der Waals surface area contributed by atoms with E-state index in [4.69, 9.17) is 0 Å². The van der Waals surface area contributed by atoms with Gasteiger partial charge in [0.15, 0.2) is 9.84 Å². The third-order valence-electron chi connectivity index (χ3n) is 6.21. The van der Waals surface area contributed by atoms with Gasteiger partial charge in [-0.1, -0.05) is 42.8 Å². The molecule has 2 N–H and O–H groups in total. The highest BCUT2D eigenvalue weighted by atomic mass is 32.2. The van der Waals surface area contributed by atoms with Gasteiger partial charge in [0, 0.05) is 22.4 Å². The molecule has 0 saturated carbocycles. The molecule has 1 saturated heterocycles. The van der Waals surface area contributed by atoms with Crippen LogP contribution >= 0.6 is 11.3 Å². The van der Waals surface area contributed by atoms with Crippen LogP contribution in [0.2, 0.25) is 0 Å². The van der Waals surface area contributed by atoms with Gasteiger partial charge >= 0.3 is 5.97 Å². The lowest BCUT2D eigenvalue weighted by atomic mass is 9.95. The second-order valence-corrected chi connectivity index (χ2v) is 11.7. The molecular weight excluding hydrogens is 458 g/mol. The number of hydrogen-bond donors (Lipinski definition) is 2. The molecule has 0 spiro atoms. The third-order valence-corrected chi connectivity index (χ3v) is 10.3. The predicted octanol–water partition coefficient (Wildman–Crippen LogP) is 4.71. The summed E-state index contributed by atoms with van der Waals surface area (Å²) in [5.41, 5.74) is 3.51. The molecular formula is C25H25NO5S2. The van der Waals surface area contributed by atoms with Crippen molar-refractivity contribution in [2.24, 2.45) is 0 Å². The second-order valence-electron chi connectivity index (χ2n) is 8.24. The normalized spacial score (nSPS) is 19.7. The number of carboxylic acid groups (broad SMARTS) is 1. The first-order chi connectivity index (χ1) is 15.8. The van der Waals surface area contributed by atoms with Crippen molar-refractivity contribution < 1.29 is 23.1 Å². The van der Waals surface area contributed by atoms with E-state index in [1.165, 1.54) is 11.3 Å². The first-order valence-electron chi connectivity index (χ1n) is 10.7. The molecule has 0 unspecified atom stereocenters. The number of benzene rings is 2. The number of thiophene rings is 1. The lowest BCUT2D eigenvalue weighted by Crippen LogP contribution is -2.41. The molecule has 0 bridgehead atoms. The monoisotopic (exact) mass is 483 g/mol. The number of carbonyl (C=O) groups excluding carboxylic acids is 1. The maximum Gasteiger partial charge on any atom is 0.305 e. The Hall–Kier alpha value is -2.97. The Bertz CT molecular complexity index is 1280. The topological polar surface area (TPSA) is 101 Å². The summed E-state index contributed by atoms with van der Waals surface area (Å²) in [4.78, 5) is 24.8. The van der Waals surface area contributed by atoms with Crippen LogP contribution in [0.4, 0.5) is 0 Å². The molecule has 33 heavy (non-hydrogen) atoms. The van der Waals surface area contributed by atoms with Crippen molar-refractivity contribution in [2.45, 2.75) is 30.4 Å². The van der Waals surface area contributed by atoms with Crippen molar-refractivity contribution >= 4 is 33.1 Å². The van der Waals surface area contributed by atoms with Gasteiger partial charge < -0.3 is 10.4 Å². The molecule has 1 aliphatic rings. The quantitative estimate of drug-likeness (QED) is 0.529. The van der Waals surface area contributed by atoms with Crippen molar-refractivity contribution in [1.29, 1.82) is 0 Å². The number of carbonyl (C=O) groups is 2. The molecule has 1 aliphatic heterocycles. The average Bonchev–Trinajstić information content (AvgIpc) is 3.31. The SMILES string of the molecule is CNC(=O)c1ccc(-c2ccc(-c3ccc([C@@]4(CC(=O)O)CCCCS4(=O)=O)s3)cc2)cc1. The van der Waals surface area contributed by atoms with Crippen LogP contribution in [0.3, 0.4) is 0 Å². The Morgan fingerprint density at radius 1 is 0.939 bits per heavy atom. The number of rotatable bonds is 6. The summed E-state index contributed by atoms with van der Waals surface area (Å²) in [5.74, 6) is -1.20. The summed E-state index contributed by atoms with van der Waals surface area (Å²) >= 11 is 1.36. The van der Waals surface area contributed by atoms with E-state index in [2.05, 4.69) is 5.32 Å². The molecule has 2 aromatic carbocycles. The zero-order chi connectivity index (χ0) is 23.6. The fraction of sp³-hybridized carbons (Fsp3) is 0.280. The zero-order valence-corrected chi connectivity index (χ0v) is 19.8. The van der Waals surface area contributed by atoms with Crippen LogP contribution in [0.15, 0.2) is 60.7 Å². The van der Waals surface area contributed by atoms with Crippen LogP contribution in [0.5, 0.6) is 0 Å². The molecule has 1 amide bonds. The molecule has 1 fully saturated rings. The van der Waals surface area contributed by atoms with Crippen molar-refractivity contribution in [3.63, 3.8) is 0 Å². The summed E-state index contributed by atoms with van der Waals surface area (Å²) in [6, 6.07) is 18.9. The number of sulfone groups is 1. The van der Waals surface area contributed by atoms with Crippen LogP contribution in [-0.2, 0) is 19.4 Å². The van der Waals surface area contributed by atoms with E-state index in [9.17, 15) is 23.1 Å². The van der Waals surface area contributed by atoms with E-state index < -0.39 is 27.0 Å². The predicted molar refractivity (Wildman–Crippen MR) is 130 cm³/mol. The van der Waals surface area contributed by atoms with E-state index in [0.717, 1.165) is 21.6 Å². The second kappa shape index (κ2) is 9.11. The molecule has 8 heteroatoms. The Morgan fingerprint density at radius 3 is 2.12 bits per heavy atom. The minimum Gasteiger partial charge on any atom is -0.481 e. The van der Waals surface area contributed by atoms with Gasteiger partial charge in [-0.3, -0.25) is 9.59 Å². The van der Waals surface area contributed by atoms with Crippen LogP contribution in [-0.4, -0.2) is 38.2 Å². The largest absolute Gasteiger partial charge is 0.481 e. The number of amides is 1. The molecule has 1 aromatic heterocycles. The van der Waals surface area contributed by atoms with E-state index in [1.54, 1.807) is 25.2 Å². The van der Waals surface area contributed by atoms with Gasteiger partial charge in [0.05, 0.1) is 12.2 Å². The smallest absolute Gasteiger partial charge is 0.305 e. The summed E-state index contributed by atoms with van der Waals surface area (Å²) in [5, 5.41) is 12.1. The first kappa shape index (κ1) is 23.2. The van der Waals surface area contributed by atoms with Gasteiger partial charge in [-0.05, 0) is 53.8 Å². The number of hydrogen-bond acceptors (Lipinski definition) is 5. The highest BCUT2D eigenvalue weighted by Crippen LogP contribution is 2.47. The zero-order valence-electron chi connectivity index (χ0n) is 18.2. The maximum absolute atomic E-state index is 13.0. The first-order valence-corrected chi connectivity index (χ1v) is 13.2. The van der Waals surface area contributed by atoms with E-state index in [-0.39, 0.29) is 11.7 Å². The van der Waals surface area contributed by atoms with Gasteiger partial charge in [-0.15, -0.1) is 11.3 Å². The van der Waals surface area contributed by atoms with Gasteiger partial charge in [0.25, 0.3) is 5.91 Å². The summed E-state index contributed by atoms with van der Waals surface area (Å²) in [6.45, 7) is 0. The number of nitrogens with one attached hydrogen (secondary N) is 1. The molecule has 0 radical (unpaired) electrons. The summed E-state index contributed by atoms with van der Waals surface area (Å²) in [7, 11) is -1.96. The lowest BCUT2D eigenvalue weighted by Gasteiger charge is -2.34. The standard InChI is InChI=1S/C25H25NO5S2/c1-26-24(29)20-10-6-18(7-11-20)17-4-8-19(9-5-17)21-12-13-22(32-21)25(16-23(27)28)14-2-3-15-33(25,30)31/h4-13H,2-3,14-16H2,1H3,(H,26,29)(H,27,28)/t25-/m0/s1. The molecule has 2 heterocycles. The molecule has 4 rings (SSSR count). The molecule has 1 atom stereocenters. The minimum absolute atomic E-state index is 0.0287. The van der Waals surface area contributed by atoms with Crippen LogP contribution in [0.25, 0.3) is 21.6 Å². The van der Waals surface area contributed by atoms with Gasteiger partial charge in [-0.2, -0.15) is 0 Å². The van der Waals surface area contributed by atoms with Crippen LogP contribution in [0.1, 0.15) is 40.9 Å². The van der Waals surface area contributed by atoms with Gasteiger partial charge in [-0.25, -0.2) is 8.42 Å². The van der Waals surface area contributed by atoms with E-state index in [1.807, 2.05) is 42.5 Å². The summed E-state index contributed by atoms with van der Waals surface area (Å²) < 4.78 is 24.6. The Kier molecular flexibility index (Phi) is 6.41. The Balaban J connectivity index is 1.62. The molecule has 0 aliphatic carbocycles. The Labute approximate surface area is 197 Å². The minimum atomic E-state index is -3.56. The van der Waals surface area contributed by atoms with Gasteiger partial charge in [0.1, 0.15) is 4.75 Å². The van der Waals surface area contributed by atoms with Crippen LogP contribution < -0.4 is 5.32 Å². The van der Waals surface area contributed by atoms with Crippen molar-refractivity contribution in [3.8, 4) is 21.6 Å². The highest BCUT2D eigenvalue weighted by Gasteiger charge is 2.49. The van der Waals surface area contributed by atoms with Gasteiger partial charge in [0.2, 0.25) is 0 Å². The third kappa shape index (κ3) is 4.45.